The fourth-order valence-corrected chi connectivity index (χ4v) is 3.42. The van der Waals surface area contributed by atoms with Gasteiger partial charge in [-0.3, -0.25) is 9.89 Å². The molecule has 1 fully saturated rings. The van der Waals surface area contributed by atoms with Crippen molar-refractivity contribution in [3.05, 3.63) is 56.2 Å². The Balaban J connectivity index is 1.63. The van der Waals surface area contributed by atoms with E-state index in [0.717, 1.165) is 12.1 Å². The van der Waals surface area contributed by atoms with Gasteiger partial charge in [-0.1, -0.05) is 29.3 Å². The van der Waals surface area contributed by atoms with Crippen molar-refractivity contribution in [2.45, 2.75) is 18.7 Å². The number of benzene rings is 1. The van der Waals surface area contributed by atoms with Gasteiger partial charge in [0.25, 0.3) is 5.56 Å². The molecule has 1 aliphatic heterocycles. The number of fused-ring (bicyclic) bond motifs is 1. The quantitative estimate of drug-likeness (QED) is 0.512. The highest BCUT2D eigenvalue weighted by Gasteiger charge is 2.28. The van der Waals surface area contributed by atoms with Crippen LogP contribution in [0.4, 0.5) is 0 Å². The van der Waals surface area contributed by atoms with Crippen LogP contribution in [0, 0.1) is 0 Å². The predicted molar refractivity (Wildman–Crippen MR) is 103 cm³/mol. The summed E-state index contributed by atoms with van der Waals surface area (Å²) in [5.74, 6) is 0.502. The third kappa shape index (κ3) is 3.99. The number of aromatic amines is 2. The Kier molecular flexibility index (Phi) is 5.42. The molecule has 8 nitrogen and oxygen atoms in total. The van der Waals surface area contributed by atoms with Crippen molar-refractivity contribution in [1.29, 1.82) is 0 Å². The van der Waals surface area contributed by atoms with Gasteiger partial charge in [-0.2, -0.15) is 5.10 Å². The monoisotopic (exact) mass is 408 g/mol. The summed E-state index contributed by atoms with van der Waals surface area (Å²) in [6.07, 6.45) is 1.42. The number of hydrogen-bond donors (Lipinski definition) is 4. The molecule has 1 aliphatic rings. The van der Waals surface area contributed by atoms with Crippen molar-refractivity contribution in [1.82, 2.24) is 30.8 Å². The number of nitrogens with zero attached hydrogens (tertiary/aromatic N) is 2. The molecule has 4 N–H and O–H groups in total. The minimum Gasteiger partial charge on any atom is -0.373 e. The number of H-pyrrole nitrogens is 2. The molecule has 142 valence electrons. The maximum atomic E-state index is 12.3. The average Bonchev–Trinajstić information content (AvgIpc) is 3.15. The molecule has 3 heterocycles. The van der Waals surface area contributed by atoms with Crippen LogP contribution in [-0.4, -0.2) is 46.0 Å². The maximum Gasteiger partial charge on any atom is 0.279 e. The smallest absolute Gasteiger partial charge is 0.279 e. The molecule has 1 aromatic carbocycles. The lowest BCUT2D eigenvalue weighted by Gasteiger charge is -2.31. The Morgan fingerprint density at radius 1 is 1.33 bits per heavy atom. The highest BCUT2D eigenvalue weighted by molar-refractivity contribution is 6.42. The Morgan fingerprint density at radius 2 is 2.22 bits per heavy atom. The van der Waals surface area contributed by atoms with Crippen molar-refractivity contribution >= 4 is 34.2 Å². The summed E-state index contributed by atoms with van der Waals surface area (Å²) < 4.78 is 5.90. The van der Waals surface area contributed by atoms with E-state index in [1.165, 1.54) is 0 Å². The first-order valence-electron chi connectivity index (χ1n) is 8.55. The zero-order valence-corrected chi connectivity index (χ0v) is 15.8. The van der Waals surface area contributed by atoms with Gasteiger partial charge in [-0.15, -0.1) is 0 Å². The lowest BCUT2D eigenvalue weighted by atomic mass is 10.1. The second-order valence-corrected chi connectivity index (χ2v) is 7.11. The van der Waals surface area contributed by atoms with Gasteiger partial charge in [-0.05, 0) is 17.7 Å². The Morgan fingerprint density at radius 3 is 3.00 bits per heavy atom. The molecule has 0 spiro atoms. The molecular formula is C17H18Cl2N6O2. The average molecular weight is 409 g/mol. The van der Waals surface area contributed by atoms with E-state index in [-0.39, 0.29) is 23.2 Å². The van der Waals surface area contributed by atoms with Gasteiger partial charge in [0.05, 0.1) is 28.8 Å². The second-order valence-electron chi connectivity index (χ2n) is 6.29. The zero-order valence-electron chi connectivity index (χ0n) is 14.3. The zero-order chi connectivity index (χ0) is 18.8. The molecule has 1 saturated heterocycles. The first kappa shape index (κ1) is 18.4. The molecule has 2 aromatic heterocycles. The molecule has 3 aromatic rings. The van der Waals surface area contributed by atoms with Gasteiger partial charge in [0.1, 0.15) is 11.3 Å². The molecule has 27 heavy (non-hydrogen) atoms. The second kappa shape index (κ2) is 7.95. The molecule has 0 saturated carbocycles. The van der Waals surface area contributed by atoms with Gasteiger partial charge in [-0.25, -0.2) is 4.98 Å². The predicted octanol–water partition coefficient (Wildman–Crippen LogP) is 1.77. The van der Waals surface area contributed by atoms with Crippen LogP contribution in [-0.2, 0) is 11.3 Å². The molecule has 10 heteroatoms. The highest BCUT2D eigenvalue weighted by atomic mass is 35.5. The first-order valence-corrected chi connectivity index (χ1v) is 9.31. The van der Waals surface area contributed by atoms with E-state index in [9.17, 15) is 4.79 Å². The fraction of sp³-hybridized carbons (Fsp3) is 0.353. The number of hydrogen-bond acceptors (Lipinski definition) is 6. The van der Waals surface area contributed by atoms with E-state index >= 15 is 0 Å². The standard InChI is InChI=1S/C17H18Cl2N6O2/c18-10-2-1-9(5-11(10)19)6-21-15(13-8-20-3-4-27-13)16-23-12-7-22-25-14(12)17(26)24-16/h1-2,5,7,13,15,20-21H,3-4,6,8H2,(H,22,25)(H,23,24,26)/t13-,15?/m1/s1. The SMILES string of the molecule is O=c1[nH]c(C(NCc2ccc(Cl)c(Cl)c2)[C@H]2CNCCO2)nc2c[nH]nc12. The Bertz CT molecular complexity index is 998. The summed E-state index contributed by atoms with van der Waals surface area (Å²) in [6.45, 7) is 2.54. The van der Waals surface area contributed by atoms with Crippen LogP contribution >= 0.6 is 23.2 Å². The van der Waals surface area contributed by atoms with Crippen LogP contribution in [0.2, 0.25) is 10.0 Å². The highest BCUT2D eigenvalue weighted by Crippen LogP contribution is 2.24. The topological polar surface area (TPSA) is 108 Å². The molecule has 2 atom stereocenters. The molecule has 0 amide bonds. The molecule has 0 radical (unpaired) electrons. The van der Waals surface area contributed by atoms with Crippen molar-refractivity contribution in [3.8, 4) is 0 Å². The minimum absolute atomic E-state index is 0.186. The molecule has 1 unspecified atom stereocenters. The van der Waals surface area contributed by atoms with E-state index < -0.39 is 0 Å². The number of morpholine rings is 1. The van der Waals surface area contributed by atoms with E-state index in [0.29, 0.717) is 41.1 Å². The molecular weight excluding hydrogens is 391 g/mol. The molecule has 0 aliphatic carbocycles. The van der Waals surface area contributed by atoms with Crippen LogP contribution < -0.4 is 16.2 Å². The largest absolute Gasteiger partial charge is 0.373 e. The van der Waals surface area contributed by atoms with Gasteiger partial charge >= 0.3 is 0 Å². The van der Waals surface area contributed by atoms with E-state index in [4.69, 9.17) is 27.9 Å². The normalized spacial score (nSPS) is 18.7. The number of ether oxygens (including phenoxy) is 1. The van der Waals surface area contributed by atoms with Crippen molar-refractivity contribution in [2.24, 2.45) is 0 Å². The number of rotatable bonds is 5. The van der Waals surface area contributed by atoms with Crippen LogP contribution in [0.15, 0.2) is 29.2 Å². The third-order valence-electron chi connectivity index (χ3n) is 4.45. The summed E-state index contributed by atoms with van der Waals surface area (Å²) in [4.78, 5) is 19.7. The van der Waals surface area contributed by atoms with Crippen LogP contribution in [0.25, 0.3) is 11.0 Å². The van der Waals surface area contributed by atoms with E-state index in [1.807, 2.05) is 12.1 Å². The van der Waals surface area contributed by atoms with Crippen LogP contribution in [0.1, 0.15) is 17.4 Å². The van der Waals surface area contributed by atoms with Crippen LogP contribution in [0.3, 0.4) is 0 Å². The number of aromatic nitrogens is 4. The number of halogens is 2. The summed E-state index contributed by atoms with van der Waals surface area (Å²) in [6, 6.07) is 5.14. The van der Waals surface area contributed by atoms with E-state index in [1.54, 1.807) is 12.3 Å². The Labute approximate surface area is 164 Å². The van der Waals surface area contributed by atoms with Gasteiger partial charge in [0.15, 0.2) is 5.52 Å². The lowest BCUT2D eigenvalue weighted by Crippen LogP contribution is -2.46. The Hall–Kier alpha value is -1.97. The summed E-state index contributed by atoms with van der Waals surface area (Å²) in [7, 11) is 0. The maximum absolute atomic E-state index is 12.3. The summed E-state index contributed by atoms with van der Waals surface area (Å²) >= 11 is 12.1. The fourth-order valence-electron chi connectivity index (χ4n) is 3.10. The summed E-state index contributed by atoms with van der Waals surface area (Å²) in [5.41, 5.74) is 1.47. The summed E-state index contributed by atoms with van der Waals surface area (Å²) in [5, 5.41) is 14.3. The lowest BCUT2D eigenvalue weighted by molar-refractivity contribution is 0.00137. The van der Waals surface area contributed by atoms with Crippen molar-refractivity contribution in [3.63, 3.8) is 0 Å². The van der Waals surface area contributed by atoms with Gasteiger partial charge in [0, 0.05) is 25.8 Å². The first-order chi connectivity index (χ1) is 13.1. The minimum atomic E-state index is -0.320. The molecule has 4 rings (SSSR count). The number of nitrogens with one attached hydrogen (secondary N) is 4. The van der Waals surface area contributed by atoms with Crippen LogP contribution in [0.5, 0.6) is 0 Å². The van der Waals surface area contributed by atoms with E-state index in [2.05, 4.69) is 30.8 Å². The van der Waals surface area contributed by atoms with Gasteiger partial charge in [0.2, 0.25) is 0 Å². The third-order valence-corrected chi connectivity index (χ3v) is 5.19. The molecule has 0 bridgehead atoms. The van der Waals surface area contributed by atoms with Crippen molar-refractivity contribution < 1.29 is 4.74 Å². The van der Waals surface area contributed by atoms with Gasteiger partial charge < -0.3 is 20.4 Å². The van der Waals surface area contributed by atoms with Crippen molar-refractivity contribution in [2.75, 3.05) is 19.7 Å².